The van der Waals surface area contributed by atoms with E-state index in [4.69, 9.17) is 20.9 Å². The number of rotatable bonds is 4. The highest BCUT2D eigenvalue weighted by atomic mass is 35.5. The number of carbonyl (C=O) groups excluding carboxylic acids is 2. The van der Waals surface area contributed by atoms with Crippen LogP contribution in [0.3, 0.4) is 0 Å². The van der Waals surface area contributed by atoms with Crippen molar-refractivity contribution < 1.29 is 18.8 Å². The van der Waals surface area contributed by atoms with E-state index in [-0.39, 0.29) is 10.7 Å². The molecular formula is C14H14ClN3O4. The molecule has 0 bridgehead atoms. The van der Waals surface area contributed by atoms with E-state index >= 15 is 0 Å². The normalized spacial score (nSPS) is 11.8. The monoisotopic (exact) mass is 323 g/mol. The lowest BCUT2D eigenvalue weighted by molar-refractivity contribution is -0.123. The number of amides is 1. The molecule has 1 N–H and O–H groups in total. The van der Waals surface area contributed by atoms with Gasteiger partial charge in [0.05, 0.1) is 11.4 Å². The summed E-state index contributed by atoms with van der Waals surface area (Å²) in [5.41, 5.74) is 0.971. The average Bonchev–Trinajstić information content (AvgIpc) is 2.80. The highest BCUT2D eigenvalue weighted by Gasteiger charge is 2.24. The van der Waals surface area contributed by atoms with Crippen LogP contribution in [0.15, 0.2) is 22.9 Å². The first-order valence-electron chi connectivity index (χ1n) is 6.45. The minimum atomic E-state index is -1.02. The van der Waals surface area contributed by atoms with Crippen LogP contribution in [-0.2, 0) is 9.53 Å². The van der Waals surface area contributed by atoms with E-state index in [0.29, 0.717) is 17.1 Å². The summed E-state index contributed by atoms with van der Waals surface area (Å²) in [4.78, 5) is 27.9. The second kappa shape index (κ2) is 6.57. The number of pyridine rings is 1. The third-order valence-corrected chi connectivity index (χ3v) is 3.21. The number of nitrogens with zero attached hydrogens (tertiary/aromatic N) is 2. The Morgan fingerprint density at radius 1 is 1.41 bits per heavy atom. The Balaban J connectivity index is 2.03. The van der Waals surface area contributed by atoms with Crippen molar-refractivity contribution in [3.8, 4) is 0 Å². The zero-order valence-electron chi connectivity index (χ0n) is 12.2. The molecule has 0 aliphatic carbocycles. The molecule has 0 unspecified atom stereocenters. The lowest BCUT2D eigenvalue weighted by atomic mass is 10.2. The average molecular weight is 324 g/mol. The molecule has 0 saturated heterocycles. The molecular weight excluding hydrogens is 310 g/mol. The molecule has 0 fully saturated rings. The summed E-state index contributed by atoms with van der Waals surface area (Å²) >= 11 is 5.85. The maximum atomic E-state index is 12.0. The van der Waals surface area contributed by atoms with Crippen LogP contribution in [0.1, 0.15) is 28.7 Å². The highest BCUT2D eigenvalue weighted by Crippen LogP contribution is 2.19. The van der Waals surface area contributed by atoms with Crippen LogP contribution in [-0.4, -0.2) is 28.1 Å². The van der Waals surface area contributed by atoms with Crippen LogP contribution in [0.4, 0.5) is 5.69 Å². The van der Waals surface area contributed by atoms with E-state index in [9.17, 15) is 9.59 Å². The molecule has 22 heavy (non-hydrogen) atoms. The van der Waals surface area contributed by atoms with E-state index in [2.05, 4.69) is 15.5 Å². The molecule has 0 spiro atoms. The molecule has 0 aliphatic rings. The third-order valence-electron chi connectivity index (χ3n) is 2.91. The second-order valence-corrected chi connectivity index (χ2v) is 4.94. The predicted octanol–water partition coefficient (Wildman–Crippen LogP) is 2.52. The zero-order chi connectivity index (χ0) is 16.3. The number of hydrogen-bond donors (Lipinski definition) is 1. The number of halogens is 1. The summed E-state index contributed by atoms with van der Waals surface area (Å²) in [6.07, 6.45) is 0.483. The molecule has 8 heteroatoms. The Labute approximate surface area is 131 Å². The van der Waals surface area contributed by atoms with Crippen LogP contribution < -0.4 is 5.32 Å². The standard InChI is InChI=1S/C14H14ClN3O4/c1-7-11(8(2)22-18-7)14(20)21-9(3)13(19)17-10-5-4-6-16-12(10)15/h4-6,9H,1-3H3,(H,17,19)/t9-/m0/s1. The third kappa shape index (κ3) is 3.43. The van der Waals surface area contributed by atoms with Crippen LogP contribution in [0.25, 0.3) is 0 Å². The molecule has 2 aromatic rings. The zero-order valence-corrected chi connectivity index (χ0v) is 13.0. The Morgan fingerprint density at radius 2 is 2.14 bits per heavy atom. The number of aromatic nitrogens is 2. The first kappa shape index (κ1) is 16.0. The van der Waals surface area contributed by atoms with Crippen molar-refractivity contribution in [1.82, 2.24) is 10.1 Å². The summed E-state index contributed by atoms with van der Waals surface area (Å²) in [5.74, 6) is -0.850. The van der Waals surface area contributed by atoms with Crippen molar-refractivity contribution in [1.29, 1.82) is 0 Å². The van der Waals surface area contributed by atoms with Gasteiger partial charge in [0.2, 0.25) is 0 Å². The van der Waals surface area contributed by atoms with Crippen molar-refractivity contribution in [3.63, 3.8) is 0 Å². The van der Waals surface area contributed by atoms with Crippen LogP contribution in [0.5, 0.6) is 0 Å². The van der Waals surface area contributed by atoms with Gasteiger partial charge < -0.3 is 14.6 Å². The molecule has 7 nitrogen and oxygen atoms in total. The maximum Gasteiger partial charge on any atom is 0.344 e. The van der Waals surface area contributed by atoms with Gasteiger partial charge in [0.1, 0.15) is 11.3 Å². The van der Waals surface area contributed by atoms with Gasteiger partial charge in [-0.25, -0.2) is 9.78 Å². The van der Waals surface area contributed by atoms with Crippen LogP contribution in [0.2, 0.25) is 5.15 Å². The molecule has 0 aliphatic heterocycles. The van der Waals surface area contributed by atoms with Gasteiger partial charge in [-0.2, -0.15) is 0 Å². The molecule has 0 aromatic carbocycles. The molecule has 0 saturated carbocycles. The maximum absolute atomic E-state index is 12.0. The van der Waals surface area contributed by atoms with Gasteiger partial charge >= 0.3 is 5.97 Å². The SMILES string of the molecule is Cc1noc(C)c1C(=O)O[C@@H](C)C(=O)Nc1cccnc1Cl. The number of carbonyl (C=O) groups is 2. The summed E-state index contributed by atoms with van der Waals surface area (Å²) in [7, 11) is 0. The Hall–Kier alpha value is -2.41. The fourth-order valence-electron chi connectivity index (χ4n) is 1.76. The van der Waals surface area contributed by atoms with Gasteiger partial charge in [-0.05, 0) is 32.9 Å². The number of esters is 1. The molecule has 116 valence electrons. The van der Waals surface area contributed by atoms with E-state index in [1.54, 1.807) is 26.0 Å². The smallest absolute Gasteiger partial charge is 0.344 e. The summed E-state index contributed by atoms with van der Waals surface area (Å²) in [6.45, 7) is 4.67. The minimum absolute atomic E-state index is 0.153. The first-order valence-corrected chi connectivity index (χ1v) is 6.83. The summed E-state index contributed by atoms with van der Waals surface area (Å²) in [5, 5.41) is 6.36. The highest BCUT2D eigenvalue weighted by molar-refractivity contribution is 6.32. The lowest BCUT2D eigenvalue weighted by Crippen LogP contribution is -2.30. The van der Waals surface area contributed by atoms with Crippen molar-refractivity contribution >= 4 is 29.2 Å². The van der Waals surface area contributed by atoms with Crippen molar-refractivity contribution in [3.05, 3.63) is 40.5 Å². The number of hydrogen-bond acceptors (Lipinski definition) is 6. The van der Waals surface area contributed by atoms with Crippen molar-refractivity contribution in [2.45, 2.75) is 26.9 Å². The van der Waals surface area contributed by atoms with Crippen LogP contribution in [0, 0.1) is 13.8 Å². The topological polar surface area (TPSA) is 94.3 Å². The fourth-order valence-corrected chi connectivity index (χ4v) is 1.93. The molecule has 1 atom stereocenters. The van der Waals surface area contributed by atoms with Crippen molar-refractivity contribution in [2.75, 3.05) is 5.32 Å². The van der Waals surface area contributed by atoms with E-state index in [1.165, 1.54) is 13.1 Å². The predicted molar refractivity (Wildman–Crippen MR) is 78.7 cm³/mol. The lowest BCUT2D eigenvalue weighted by Gasteiger charge is -2.13. The minimum Gasteiger partial charge on any atom is -0.449 e. The quantitative estimate of drug-likeness (QED) is 0.686. The van der Waals surface area contributed by atoms with Gasteiger partial charge in [-0.3, -0.25) is 4.79 Å². The molecule has 2 aromatic heterocycles. The fraction of sp³-hybridized carbons (Fsp3) is 0.286. The van der Waals surface area contributed by atoms with Crippen molar-refractivity contribution in [2.24, 2.45) is 0 Å². The van der Waals surface area contributed by atoms with E-state index in [0.717, 1.165) is 0 Å². The van der Waals surface area contributed by atoms with Gasteiger partial charge in [-0.1, -0.05) is 16.8 Å². The Bertz CT molecular complexity index is 694. The number of anilines is 1. The largest absolute Gasteiger partial charge is 0.449 e. The van der Waals surface area contributed by atoms with Gasteiger partial charge in [0, 0.05) is 6.20 Å². The van der Waals surface area contributed by atoms with E-state index < -0.39 is 18.0 Å². The molecule has 2 rings (SSSR count). The van der Waals surface area contributed by atoms with Gasteiger partial charge in [-0.15, -0.1) is 0 Å². The number of nitrogens with one attached hydrogen (secondary N) is 1. The van der Waals surface area contributed by atoms with E-state index in [1.807, 2.05) is 0 Å². The Morgan fingerprint density at radius 3 is 2.73 bits per heavy atom. The Kier molecular flexibility index (Phi) is 4.77. The molecule has 1 amide bonds. The summed E-state index contributed by atoms with van der Waals surface area (Å²) < 4.78 is 10.0. The number of aryl methyl sites for hydroxylation is 2. The van der Waals surface area contributed by atoms with Gasteiger partial charge in [0.25, 0.3) is 5.91 Å². The second-order valence-electron chi connectivity index (χ2n) is 4.58. The first-order chi connectivity index (χ1) is 10.4. The summed E-state index contributed by atoms with van der Waals surface area (Å²) in [6, 6.07) is 3.22. The van der Waals surface area contributed by atoms with Crippen LogP contribution >= 0.6 is 11.6 Å². The molecule has 2 heterocycles. The van der Waals surface area contributed by atoms with Gasteiger partial charge in [0.15, 0.2) is 11.3 Å². The number of ether oxygens (including phenoxy) is 1. The molecule has 0 radical (unpaired) electrons.